The Hall–Kier alpha value is -2.43. The van der Waals surface area contributed by atoms with Gasteiger partial charge >= 0.3 is 0 Å². The molecule has 3 nitrogen and oxygen atoms in total. The summed E-state index contributed by atoms with van der Waals surface area (Å²) in [5, 5.41) is 3.27. The maximum absolute atomic E-state index is 12.9. The zero-order valence-corrected chi connectivity index (χ0v) is 15.3. The molecule has 0 spiro atoms. The molecule has 0 fully saturated rings. The van der Waals surface area contributed by atoms with Gasteiger partial charge in [-0.1, -0.05) is 47.5 Å². The predicted octanol–water partition coefficient (Wildman–Crippen LogP) is 5.60. The highest BCUT2D eigenvalue weighted by Crippen LogP contribution is 2.29. The Kier molecular flexibility index (Phi) is 5.31. The minimum Gasteiger partial charge on any atom is -0.280 e. The van der Waals surface area contributed by atoms with Gasteiger partial charge < -0.3 is 0 Å². The molecule has 0 N–H and O–H groups in total. The van der Waals surface area contributed by atoms with Gasteiger partial charge in [-0.3, -0.25) is 9.69 Å². The zero-order valence-electron chi connectivity index (χ0n) is 13.8. The molecule has 0 radical (unpaired) electrons. The second-order valence-corrected chi connectivity index (χ2v) is 6.87. The molecule has 126 valence electrons. The number of halogens is 1. The van der Waals surface area contributed by atoms with Crippen molar-refractivity contribution in [1.82, 2.24) is 4.98 Å². The third-order valence-electron chi connectivity index (χ3n) is 3.72. The molecule has 1 heterocycles. The van der Waals surface area contributed by atoms with Crippen LogP contribution in [0.4, 0.5) is 5.13 Å². The van der Waals surface area contributed by atoms with Crippen molar-refractivity contribution in [3.05, 3.63) is 82.7 Å². The van der Waals surface area contributed by atoms with Crippen LogP contribution in [-0.4, -0.2) is 17.4 Å². The van der Waals surface area contributed by atoms with Gasteiger partial charge in [0.15, 0.2) is 5.13 Å². The van der Waals surface area contributed by atoms with Gasteiger partial charge in [-0.25, -0.2) is 4.98 Å². The Morgan fingerprint density at radius 3 is 2.52 bits per heavy atom. The molecule has 1 aromatic heterocycles. The smallest absolute Gasteiger partial charge is 0.260 e. The number of amides is 1. The molecular weight excluding hydrogens is 352 g/mol. The van der Waals surface area contributed by atoms with E-state index in [0.29, 0.717) is 22.3 Å². The summed E-state index contributed by atoms with van der Waals surface area (Å²) < 4.78 is 0. The molecule has 0 unspecified atom stereocenters. The standard InChI is InChI=1S/C20H17ClN2OS/c1-3-12-23(19(24)16-6-4-14(2)5-7-16)20-22-18(13-25-20)15-8-10-17(21)11-9-15/h3-11,13H,1,12H2,2H3. The van der Waals surface area contributed by atoms with Crippen molar-refractivity contribution in [3.63, 3.8) is 0 Å². The van der Waals surface area contributed by atoms with Crippen LogP contribution in [0, 0.1) is 6.92 Å². The van der Waals surface area contributed by atoms with Crippen molar-refractivity contribution in [3.8, 4) is 11.3 Å². The lowest BCUT2D eigenvalue weighted by Gasteiger charge is -2.18. The van der Waals surface area contributed by atoms with E-state index in [0.717, 1.165) is 16.8 Å². The Labute approximate surface area is 156 Å². The van der Waals surface area contributed by atoms with E-state index in [1.54, 1.807) is 11.0 Å². The molecule has 25 heavy (non-hydrogen) atoms. The van der Waals surface area contributed by atoms with Crippen molar-refractivity contribution >= 4 is 34.0 Å². The summed E-state index contributed by atoms with van der Waals surface area (Å²) in [6, 6.07) is 15.0. The molecule has 0 bridgehead atoms. The molecule has 0 saturated heterocycles. The molecule has 3 rings (SSSR count). The monoisotopic (exact) mass is 368 g/mol. The van der Waals surface area contributed by atoms with E-state index in [9.17, 15) is 4.79 Å². The summed E-state index contributed by atoms with van der Waals surface area (Å²) in [6.45, 7) is 6.16. The van der Waals surface area contributed by atoms with Crippen LogP contribution in [0.2, 0.25) is 5.02 Å². The van der Waals surface area contributed by atoms with Crippen LogP contribution < -0.4 is 4.90 Å². The van der Waals surface area contributed by atoms with Gasteiger partial charge in [-0.15, -0.1) is 17.9 Å². The van der Waals surface area contributed by atoms with Crippen molar-refractivity contribution in [1.29, 1.82) is 0 Å². The average molecular weight is 369 g/mol. The predicted molar refractivity (Wildman–Crippen MR) is 106 cm³/mol. The van der Waals surface area contributed by atoms with E-state index in [-0.39, 0.29) is 5.91 Å². The van der Waals surface area contributed by atoms with Crippen LogP contribution in [0.25, 0.3) is 11.3 Å². The van der Waals surface area contributed by atoms with E-state index < -0.39 is 0 Å². The van der Waals surface area contributed by atoms with Crippen LogP contribution >= 0.6 is 22.9 Å². The fourth-order valence-electron chi connectivity index (χ4n) is 2.37. The molecule has 0 aliphatic carbocycles. The Bertz CT molecular complexity index is 885. The number of benzene rings is 2. The average Bonchev–Trinajstić information content (AvgIpc) is 3.10. The molecule has 0 aliphatic heterocycles. The molecule has 1 amide bonds. The number of carbonyl (C=O) groups excluding carboxylic acids is 1. The maximum Gasteiger partial charge on any atom is 0.260 e. The topological polar surface area (TPSA) is 33.2 Å². The number of carbonyl (C=O) groups is 1. The van der Waals surface area contributed by atoms with Gasteiger partial charge in [-0.2, -0.15) is 0 Å². The van der Waals surface area contributed by atoms with E-state index >= 15 is 0 Å². The van der Waals surface area contributed by atoms with Crippen LogP contribution in [-0.2, 0) is 0 Å². The molecule has 2 aromatic carbocycles. The highest BCUT2D eigenvalue weighted by atomic mass is 35.5. The zero-order chi connectivity index (χ0) is 17.8. The third-order valence-corrected chi connectivity index (χ3v) is 4.83. The summed E-state index contributed by atoms with van der Waals surface area (Å²) >= 11 is 7.37. The van der Waals surface area contributed by atoms with Crippen molar-refractivity contribution in [2.24, 2.45) is 0 Å². The summed E-state index contributed by atoms with van der Waals surface area (Å²) in [5.41, 5.74) is 3.54. The number of hydrogen-bond acceptors (Lipinski definition) is 3. The quantitative estimate of drug-likeness (QED) is 0.549. The van der Waals surface area contributed by atoms with Gasteiger partial charge in [0.1, 0.15) is 0 Å². The van der Waals surface area contributed by atoms with Gasteiger partial charge in [-0.05, 0) is 31.2 Å². The summed E-state index contributed by atoms with van der Waals surface area (Å²) in [4.78, 5) is 19.1. The first-order valence-electron chi connectivity index (χ1n) is 7.79. The third kappa shape index (κ3) is 3.98. The first kappa shape index (κ1) is 17.4. The number of aromatic nitrogens is 1. The minimum absolute atomic E-state index is 0.0862. The Morgan fingerprint density at radius 2 is 1.88 bits per heavy atom. The van der Waals surface area contributed by atoms with Crippen molar-refractivity contribution in [2.75, 3.05) is 11.4 Å². The fourth-order valence-corrected chi connectivity index (χ4v) is 3.34. The van der Waals surface area contributed by atoms with Crippen LogP contribution in [0.5, 0.6) is 0 Å². The Balaban J connectivity index is 1.90. The lowest BCUT2D eigenvalue weighted by molar-refractivity contribution is 0.0989. The van der Waals surface area contributed by atoms with Crippen LogP contribution in [0.3, 0.4) is 0 Å². The maximum atomic E-state index is 12.9. The molecular formula is C20H17ClN2OS. The molecule has 3 aromatic rings. The first-order chi connectivity index (χ1) is 12.1. The van der Waals surface area contributed by atoms with Crippen LogP contribution in [0.1, 0.15) is 15.9 Å². The van der Waals surface area contributed by atoms with Crippen molar-refractivity contribution < 1.29 is 4.79 Å². The number of hydrogen-bond donors (Lipinski definition) is 0. The first-order valence-corrected chi connectivity index (χ1v) is 9.05. The van der Waals surface area contributed by atoms with Crippen molar-refractivity contribution in [2.45, 2.75) is 6.92 Å². The van der Waals surface area contributed by atoms with E-state index in [2.05, 4.69) is 11.6 Å². The van der Waals surface area contributed by atoms with Gasteiger partial charge in [0.25, 0.3) is 5.91 Å². The van der Waals surface area contributed by atoms with Gasteiger partial charge in [0.05, 0.1) is 5.69 Å². The molecule has 0 saturated carbocycles. The highest BCUT2D eigenvalue weighted by molar-refractivity contribution is 7.14. The lowest BCUT2D eigenvalue weighted by Crippen LogP contribution is -2.30. The highest BCUT2D eigenvalue weighted by Gasteiger charge is 2.20. The number of thiazole rings is 1. The number of nitrogens with zero attached hydrogens (tertiary/aromatic N) is 2. The summed E-state index contributed by atoms with van der Waals surface area (Å²) in [6.07, 6.45) is 1.70. The number of anilines is 1. The molecule has 0 atom stereocenters. The SMILES string of the molecule is C=CCN(C(=O)c1ccc(C)cc1)c1nc(-c2ccc(Cl)cc2)cs1. The molecule has 0 aliphatic rings. The number of aryl methyl sites for hydroxylation is 1. The second-order valence-electron chi connectivity index (χ2n) is 5.59. The second kappa shape index (κ2) is 7.64. The van der Waals surface area contributed by atoms with Gasteiger partial charge in [0, 0.05) is 28.1 Å². The van der Waals surface area contributed by atoms with E-state index in [1.807, 2.05) is 60.8 Å². The largest absolute Gasteiger partial charge is 0.280 e. The van der Waals surface area contributed by atoms with Crippen LogP contribution in [0.15, 0.2) is 66.6 Å². The lowest BCUT2D eigenvalue weighted by atomic mass is 10.1. The minimum atomic E-state index is -0.0862. The van der Waals surface area contributed by atoms with Gasteiger partial charge in [0.2, 0.25) is 0 Å². The summed E-state index contributed by atoms with van der Waals surface area (Å²) in [7, 11) is 0. The Morgan fingerprint density at radius 1 is 1.20 bits per heavy atom. The normalized spacial score (nSPS) is 10.5. The number of rotatable bonds is 5. The molecule has 5 heteroatoms. The fraction of sp³-hybridized carbons (Fsp3) is 0.100. The summed E-state index contributed by atoms with van der Waals surface area (Å²) in [5.74, 6) is -0.0862. The van der Waals surface area contributed by atoms with E-state index in [1.165, 1.54) is 11.3 Å². The van der Waals surface area contributed by atoms with E-state index in [4.69, 9.17) is 11.6 Å².